The standard InChI is InChI=1S/C21H19N3O3/c1-11(2)19-17(13-7-5-4-6-8-13)12(3)21-22-20(23-24(19)21)18-15(26)9-14(25)10-16(18)27/h4-11,25-27H,3H2,1-2H3. The highest BCUT2D eigenvalue weighted by molar-refractivity contribution is 5.78. The summed E-state index contributed by atoms with van der Waals surface area (Å²) in [4.78, 5) is 4.51. The van der Waals surface area contributed by atoms with Crippen LogP contribution < -0.4 is 5.22 Å². The van der Waals surface area contributed by atoms with E-state index in [2.05, 4.69) is 30.5 Å². The summed E-state index contributed by atoms with van der Waals surface area (Å²) >= 11 is 0. The van der Waals surface area contributed by atoms with Gasteiger partial charge in [0.2, 0.25) is 0 Å². The van der Waals surface area contributed by atoms with Gasteiger partial charge in [-0.25, -0.2) is 9.50 Å². The van der Waals surface area contributed by atoms with E-state index >= 15 is 0 Å². The van der Waals surface area contributed by atoms with Crippen LogP contribution in [0.2, 0.25) is 0 Å². The predicted molar refractivity (Wildman–Crippen MR) is 104 cm³/mol. The maximum atomic E-state index is 10.1. The maximum Gasteiger partial charge on any atom is 0.189 e. The number of aromatic nitrogens is 3. The minimum absolute atomic E-state index is 0.0758. The number of rotatable bonds is 3. The molecule has 0 aliphatic heterocycles. The van der Waals surface area contributed by atoms with Crippen molar-refractivity contribution in [2.75, 3.05) is 0 Å². The summed E-state index contributed by atoms with van der Waals surface area (Å²) in [6.45, 7) is 8.34. The molecule has 0 bridgehead atoms. The summed E-state index contributed by atoms with van der Waals surface area (Å²) in [5, 5.41) is 35.1. The fourth-order valence-electron chi connectivity index (χ4n) is 3.44. The molecule has 6 heteroatoms. The Hall–Kier alpha value is -3.54. The number of nitrogens with zero attached hydrogens (tertiary/aromatic N) is 3. The van der Waals surface area contributed by atoms with E-state index in [4.69, 9.17) is 0 Å². The zero-order chi connectivity index (χ0) is 19.3. The monoisotopic (exact) mass is 361 g/mol. The number of benzene rings is 2. The van der Waals surface area contributed by atoms with Crippen molar-refractivity contribution in [3.63, 3.8) is 0 Å². The number of phenolic OH excluding ortho intramolecular Hbond substituents is 3. The second-order valence-corrected chi connectivity index (χ2v) is 6.79. The van der Waals surface area contributed by atoms with E-state index in [1.165, 1.54) is 0 Å². The number of hydrogen-bond donors (Lipinski definition) is 3. The van der Waals surface area contributed by atoms with E-state index in [0.29, 0.717) is 5.65 Å². The molecule has 0 spiro atoms. The van der Waals surface area contributed by atoms with Crippen LogP contribution in [0.5, 0.6) is 17.2 Å². The van der Waals surface area contributed by atoms with Crippen molar-refractivity contribution in [2.24, 2.45) is 0 Å². The summed E-state index contributed by atoms with van der Waals surface area (Å²) in [7, 11) is 0. The van der Waals surface area contributed by atoms with E-state index in [9.17, 15) is 15.3 Å². The van der Waals surface area contributed by atoms with Crippen molar-refractivity contribution in [3.05, 3.63) is 53.4 Å². The normalized spacial score (nSPS) is 11.5. The molecule has 0 saturated carbocycles. The topological polar surface area (TPSA) is 90.9 Å². The Morgan fingerprint density at radius 1 is 0.963 bits per heavy atom. The lowest BCUT2D eigenvalue weighted by atomic mass is 9.99. The van der Waals surface area contributed by atoms with Crippen molar-refractivity contribution in [1.82, 2.24) is 14.6 Å². The highest BCUT2D eigenvalue weighted by atomic mass is 16.3. The van der Waals surface area contributed by atoms with Gasteiger partial charge in [0.15, 0.2) is 11.5 Å². The molecule has 0 atom stereocenters. The minimum Gasteiger partial charge on any atom is -0.508 e. The van der Waals surface area contributed by atoms with Crippen LogP contribution in [0.1, 0.15) is 25.5 Å². The second kappa shape index (κ2) is 6.02. The fraction of sp³-hybridized carbons (Fsp3) is 0.143. The highest BCUT2D eigenvalue weighted by Crippen LogP contribution is 2.39. The Kier molecular flexibility index (Phi) is 3.77. The molecular weight excluding hydrogens is 342 g/mol. The van der Waals surface area contributed by atoms with Gasteiger partial charge in [0.1, 0.15) is 22.8 Å². The Morgan fingerprint density at radius 2 is 1.59 bits per heavy atom. The third-order valence-electron chi connectivity index (χ3n) is 4.58. The molecule has 0 aliphatic carbocycles. The van der Waals surface area contributed by atoms with E-state index in [1.54, 1.807) is 4.52 Å². The average molecular weight is 361 g/mol. The molecule has 2 heterocycles. The number of phenols is 3. The van der Waals surface area contributed by atoms with Gasteiger partial charge < -0.3 is 15.3 Å². The van der Waals surface area contributed by atoms with Gasteiger partial charge in [-0.05, 0) is 11.5 Å². The quantitative estimate of drug-likeness (QED) is 0.520. The van der Waals surface area contributed by atoms with Crippen LogP contribution in [-0.4, -0.2) is 29.9 Å². The summed E-state index contributed by atoms with van der Waals surface area (Å²) in [6, 6.07) is 12.2. The zero-order valence-corrected chi connectivity index (χ0v) is 15.0. The summed E-state index contributed by atoms with van der Waals surface area (Å²) in [6.07, 6.45) is 0. The van der Waals surface area contributed by atoms with E-state index in [-0.39, 0.29) is 34.6 Å². The Balaban J connectivity index is 2.01. The molecule has 4 rings (SSSR count). The first-order valence-electron chi connectivity index (χ1n) is 8.60. The minimum atomic E-state index is -0.291. The molecule has 0 amide bonds. The van der Waals surface area contributed by atoms with Crippen molar-refractivity contribution in [2.45, 2.75) is 19.8 Å². The fourth-order valence-corrected chi connectivity index (χ4v) is 3.44. The average Bonchev–Trinajstić information content (AvgIpc) is 3.13. The summed E-state index contributed by atoms with van der Waals surface area (Å²) < 4.78 is 1.72. The van der Waals surface area contributed by atoms with Crippen LogP contribution in [0.15, 0.2) is 42.5 Å². The number of hydrogen-bond acceptors (Lipinski definition) is 5. The van der Waals surface area contributed by atoms with Crippen LogP contribution >= 0.6 is 0 Å². The number of aromatic hydroxyl groups is 3. The van der Waals surface area contributed by atoms with Crippen LogP contribution in [0.25, 0.3) is 34.7 Å². The van der Waals surface area contributed by atoms with Gasteiger partial charge in [-0.2, -0.15) is 0 Å². The smallest absolute Gasteiger partial charge is 0.189 e. The van der Waals surface area contributed by atoms with Crippen molar-refractivity contribution >= 4 is 12.2 Å². The number of fused-ring (bicyclic) bond motifs is 1. The van der Waals surface area contributed by atoms with Gasteiger partial charge in [0, 0.05) is 22.9 Å². The molecular formula is C21H19N3O3. The van der Waals surface area contributed by atoms with Crippen molar-refractivity contribution in [3.8, 4) is 39.8 Å². The lowest BCUT2D eigenvalue weighted by molar-refractivity contribution is 0.430. The third-order valence-corrected chi connectivity index (χ3v) is 4.58. The SMILES string of the molecule is C=c1c(-c2ccccc2)c(C(C)C)n2nc(-c3c(O)cc(O)cc3O)nc12. The summed E-state index contributed by atoms with van der Waals surface area (Å²) in [5.74, 6) is -0.498. The molecule has 3 N–H and O–H groups in total. The van der Waals surface area contributed by atoms with E-state index in [1.807, 2.05) is 30.3 Å². The zero-order valence-electron chi connectivity index (χ0n) is 15.0. The van der Waals surface area contributed by atoms with Crippen LogP contribution in [0.3, 0.4) is 0 Å². The Morgan fingerprint density at radius 3 is 2.19 bits per heavy atom. The van der Waals surface area contributed by atoms with Gasteiger partial charge in [-0.1, -0.05) is 50.8 Å². The highest BCUT2D eigenvalue weighted by Gasteiger charge is 2.23. The first-order valence-corrected chi connectivity index (χ1v) is 8.60. The molecule has 2 aromatic carbocycles. The summed E-state index contributed by atoms with van der Waals surface area (Å²) in [5.41, 5.74) is 3.63. The molecule has 2 aromatic heterocycles. The first-order chi connectivity index (χ1) is 12.9. The lowest BCUT2D eigenvalue weighted by Crippen LogP contribution is -2.02. The van der Waals surface area contributed by atoms with E-state index in [0.717, 1.165) is 34.2 Å². The molecule has 0 unspecified atom stereocenters. The molecule has 4 aromatic rings. The third kappa shape index (κ3) is 2.57. The Bertz CT molecular complexity index is 1170. The Labute approximate surface area is 155 Å². The second-order valence-electron chi connectivity index (χ2n) is 6.79. The molecule has 6 nitrogen and oxygen atoms in total. The van der Waals surface area contributed by atoms with Gasteiger partial charge in [-0.15, -0.1) is 5.10 Å². The molecule has 27 heavy (non-hydrogen) atoms. The molecule has 0 aliphatic rings. The van der Waals surface area contributed by atoms with Crippen molar-refractivity contribution < 1.29 is 15.3 Å². The van der Waals surface area contributed by atoms with Gasteiger partial charge >= 0.3 is 0 Å². The van der Waals surface area contributed by atoms with Crippen LogP contribution in [0.4, 0.5) is 0 Å². The van der Waals surface area contributed by atoms with Crippen molar-refractivity contribution in [1.29, 1.82) is 0 Å². The molecule has 136 valence electrons. The predicted octanol–water partition coefficient (Wildman–Crippen LogP) is 3.43. The van der Waals surface area contributed by atoms with E-state index < -0.39 is 0 Å². The lowest BCUT2D eigenvalue weighted by Gasteiger charge is -2.09. The van der Waals surface area contributed by atoms with Crippen LogP contribution in [0, 0.1) is 0 Å². The van der Waals surface area contributed by atoms with Gasteiger partial charge in [-0.3, -0.25) is 0 Å². The van der Waals surface area contributed by atoms with Gasteiger partial charge in [0.05, 0.1) is 5.69 Å². The maximum absolute atomic E-state index is 10.1. The van der Waals surface area contributed by atoms with Crippen LogP contribution in [-0.2, 0) is 0 Å². The molecule has 0 fully saturated rings. The largest absolute Gasteiger partial charge is 0.508 e. The van der Waals surface area contributed by atoms with Gasteiger partial charge in [0.25, 0.3) is 0 Å². The molecule has 0 saturated heterocycles. The molecule has 0 radical (unpaired) electrons. The first kappa shape index (κ1) is 16.9.